The van der Waals surface area contributed by atoms with Gasteiger partial charge in [-0.05, 0) is 35.4 Å². The van der Waals surface area contributed by atoms with E-state index in [0.717, 1.165) is 22.2 Å². The van der Waals surface area contributed by atoms with Gasteiger partial charge < -0.3 is 5.11 Å². The summed E-state index contributed by atoms with van der Waals surface area (Å²) in [6, 6.07) is 24.6. The lowest BCUT2D eigenvalue weighted by Gasteiger charge is -2.22. The maximum absolute atomic E-state index is 11.0. The topological polar surface area (TPSA) is 50.9 Å². The fourth-order valence-corrected chi connectivity index (χ4v) is 3.24. The van der Waals surface area contributed by atoms with Gasteiger partial charge in [0, 0.05) is 5.02 Å². The van der Waals surface area contributed by atoms with Crippen LogP contribution in [0, 0.1) is 0 Å². The number of benzene rings is 3. The third kappa shape index (κ3) is 3.77. The number of aliphatic hydroxyl groups excluding tert-OH is 1. The van der Waals surface area contributed by atoms with Crippen LogP contribution in [0.4, 0.5) is 0 Å². The molecule has 0 saturated heterocycles. The van der Waals surface area contributed by atoms with Crippen LogP contribution >= 0.6 is 11.6 Å². The molecule has 2 unspecified atom stereocenters. The average molecular weight is 376 g/mol. The Morgan fingerprint density at radius 2 is 1.59 bits per heavy atom. The predicted octanol–water partition coefficient (Wildman–Crippen LogP) is 4.75. The lowest BCUT2D eigenvalue weighted by molar-refractivity contribution is 0.170. The van der Waals surface area contributed by atoms with Gasteiger partial charge in [0.05, 0.1) is 11.6 Å². The molecule has 4 rings (SSSR count). The van der Waals surface area contributed by atoms with Crippen LogP contribution in [0.25, 0.3) is 17.1 Å². The molecular weight excluding hydrogens is 358 g/mol. The molecular formula is C22H18ClN3O. The van der Waals surface area contributed by atoms with Crippen LogP contribution in [0.5, 0.6) is 0 Å². The van der Waals surface area contributed by atoms with E-state index in [4.69, 9.17) is 11.6 Å². The van der Waals surface area contributed by atoms with Gasteiger partial charge >= 0.3 is 0 Å². The van der Waals surface area contributed by atoms with Crippen molar-refractivity contribution in [3.63, 3.8) is 0 Å². The van der Waals surface area contributed by atoms with Gasteiger partial charge in [-0.3, -0.25) is 0 Å². The average Bonchev–Trinajstić information content (AvgIpc) is 3.13. The molecule has 0 radical (unpaired) electrons. The van der Waals surface area contributed by atoms with Gasteiger partial charge in [-0.25, -0.2) is 4.68 Å². The fraction of sp³-hybridized carbons (Fsp3) is 0.0909. The van der Waals surface area contributed by atoms with E-state index in [0.29, 0.717) is 5.02 Å². The van der Waals surface area contributed by atoms with Gasteiger partial charge in [-0.1, -0.05) is 83.6 Å². The number of para-hydroxylation sites is 1. The molecule has 1 heterocycles. The van der Waals surface area contributed by atoms with E-state index in [1.807, 2.05) is 84.9 Å². The molecule has 0 saturated carbocycles. The summed E-state index contributed by atoms with van der Waals surface area (Å²) in [5.41, 5.74) is 3.58. The molecule has 1 N–H and O–H groups in total. The first kappa shape index (κ1) is 17.5. The Bertz CT molecular complexity index is 1060. The largest absolute Gasteiger partial charge is 0.386 e. The summed E-state index contributed by atoms with van der Waals surface area (Å²) in [5, 5.41) is 20.2. The van der Waals surface area contributed by atoms with Crippen LogP contribution in [0.2, 0.25) is 5.02 Å². The smallest absolute Gasteiger partial charge is 0.113 e. The van der Waals surface area contributed by atoms with E-state index in [1.165, 1.54) is 0 Å². The SMILES string of the molecule is OC(C=Cc1ccccc1)C(c1ccc(Cl)cc1)n1nnc2ccccc21. The highest BCUT2D eigenvalue weighted by molar-refractivity contribution is 6.30. The first-order valence-corrected chi connectivity index (χ1v) is 9.07. The maximum Gasteiger partial charge on any atom is 0.113 e. The second-order valence-electron chi connectivity index (χ2n) is 6.28. The Morgan fingerprint density at radius 1 is 0.889 bits per heavy atom. The summed E-state index contributed by atoms with van der Waals surface area (Å²) in [6.45, 7) is 0. The summed E-state index contributed by atoms with van der Waals surface area (Å²) in [4.78, 5) is 0. The number of fused-ring (bicyclic) bond motifs is 1. The zero-order chi connectivity index (χ0) is 18.6. The molecule has 0 aliphatic carbocycles. The molecule has 27 heavy (non-hydrogen) atoms. The second kappa shape index (κ2) is 7.74. The van der Waals surface area contributed by atoms with Crippen LogP contribution in [0.1, 0.15) is 17.2 Å². The molecule has 3 aromatic carbocycles. The lowest BCUT2D eigenvalue weighted by atomic mass is 10.00. The highest BCUT2D eigenvalue weighted by atomic mass is 35.5. The molecule has 134 valence electrons. The predicted molar refractivity (Wildman–Crippen MR) is 109 cm³/mol. The molecule has 0 amide bonds. The van der Waals surface area contributed by atoms with Crippen molar-refractivity contribution in [2.24, 2.45) is 0 Å². The van der Waals surface area contributed by atoms with E-state index in [-0.39, 0.29) is 0 Å². The quantitative estimate of drug-likeness (QED) is 0.547. The highest BCUT2D eigenvalue weighted by Gasteiger charge is 2.24. The second-order valence-corrected chi connectivity index (χ2v) is 6.72. The number of hydrogen-bond acceptors (Lipinski definition) is 3. The minimum atomic E-state index is -0.795. The van der Waals surface area contributed by atoms with Crippen molar-refractivity contribution in [3.05, 3.63) is 101 Å². The fourth-order valence-electron chi connectivity index (χ4n) is 3.11. The summed E-state index contributed by atoms with van der Waals surface area (Å²) >= 11 is 6.05. The van der Waals surface area contributed by atoms with E-state index in [9.17, 15) is 5.11 Å². The van der Waals surface area contributed by atoms with Crippen molar-refractivity contribution in [1.82, 2.24) is 15.0 Å². The van der Waals surface area contributed by atoms with E-state index >= 15 is 0 Å². The van der Waals surface area contributed by atoms with Crippen LogP contribution in [-0.2, 0) is 0 Å². The standard InChI is InChI=1S/C22H18ClN3O/c23-18-13-11-17(12-14-18)22(21(27)15-10-16-6-2-1-3-7-16)26-20-9-5-4-8-19(20)24-25-26/h1-15,21-22,27H. The van der Waals surface area contributed by atoms with Gasteiger partial charge in [0.1, 0.15) is 11.6 Å². The summed E-state index contributed by atoms with van der Waals surface area (Å²) < 4.78 is 1.76. The molecule has 2 atom stereocenters. The number of aliphatic hydroxyl groups is 1. The highest BCUT2D eigenvalue weighted by Crippen LogP contribution is 2.27. The number of aromatic nitrogens is 3. The van der Waals surface area contributed by atoms with Gasteiger partial charge in [0.2, 0.25) is 0 Å². The molecule has 0 aliphatic rings. The van der Waals surface area contributed by atoms with Crippen molar-refractivity contribution in [1.29, 1.82) is 0 Å². The Labute approximate surface area is 162 Å². The Hall–Kier alpha value is -2.95. The molecule has 4 aromatic rings. The molecule has 5 heteroatoms. The van der Waals surface area contributed by atoms with Gasteiger partial charge in [-0.2, -0.15) is 0 Å². The molecule has 0 fully saturated rings. The molecule has 4 nitrogen and oxygen atoms in total. The minimum Gasteiger partial charge on any atom is -0.386 e. The minimum absolute atomic E-state index is 0.422. The summed E-state index contributed by atoms with van der Waals surface area (Å²) in [5.74, 6) is 0. The van der Waals surface area contributed by atoms with Crippen molar-refractivity contribution in [2.75, 3.05) is 0 Å². The number of hydrogen-bond donors (Lipinski definition) is 1. The first-order chi connectivity index (χ1) is 13.2. The summed E-state index contributed by atoms with van der Waals surface area (Å²) in [6.07, 6.45) is 2.90. The van der Waals surface area contributed by atoms with Crippen LogP contribution < -0.4 is 0 Å². The third-order valence-electron chi connectivity index (χ3n) is 4.46. The lowest BCUT2D eigenvalue weighted by Crippen LogP contribution is -2.24. The molecule has 0 aliphatic heterocycles. The molecule has 0 spiro atoms. The molecule has 1 aromatic heterocycles. The van der Waals surface area contributed by atoms with Crippen molar-refractivity contribution in [2.45, 2.75) is 12.1 Å². The third-order valence-corrected chi connectivity index (χ3v) is 4.71. The van der Waals surface area contributed by atoms with E-state index in [1.54, 1.807) is 10.8 Å². The van der Waals surface area contributed by atoms with Gasteiger partial charge in [-0.15, -0.1) is 5.10 Å². The zero-order valence-electron chi connectivity index (χ0n) is 14.5. The van der Waals surface area contributed by atoms with Gasteiger partial charge in [0.25, 0.3) is 0 Å². The van der Waals surface area contributed by atoms with Crippen molar-refractivity contribution >= 4 is 28.7 Å². The van der Waals surface area contributed by atoms with E-state index < -0.39 is 12.1 Å². The van der Waals surface area contributed by atoms with Crippen LogP contribution in [0.15, 0.2) is 84.9 Å². The Kier molecular flexibility index (Phi) is 5.01. The zero-order valence-corrected chi connectivity index (χ0v) is 15.2. The van der Waals surface area contributed by atoms with Crippen LogP contribution in [0.3, 0.4) is 0 Å². The maximum atomic E-state index is 11.0. The van der Waals surface area contributed by atoms with Crippen molar-refractivity contribution in [3.8, 4) is 0 Å². The normalized spacial score (nSPS) is 13.9. The monoisotopic (exact) mass is 375 g/mol. The summed E-state index contributed by atoms with van der Waals surface area (Å²) in [7, 11) is 0. The first-order valence-electron chi connectivity index (χ1n) is 8.69. The van der Waals surface area contributed by atoms with Crippen molar-refractivity contribution < 1.29 is 5.11 Å². The number of nitrogens with zero attached hydrogens (tertiary/aromatic N) is 3. The van der Waals surface area contributed by atoms with E-state index in [2.05, 4.69) is 10.3 Å². The number of halogens is 1. The Balaban J connectivity index is 1.76. The number of rotatable bonds is 5. The van der Waals surface area contributed by atoms with Gasteiger partial charge in [0.15, 0.2) is 0 Å². The molecule has 0 bridgehead atoms. The van der Waals surface area contributed by atoms with Crippen LogP contribution in [-0.4, -0.2) is 26.2 Å². The Morgan fingerprint density at radius 3 is 2.37 bits per heavy atom.